The molecule has 1 rings (SSSR count). The maximum absolute atomic E-state index is 8.50. The number of aryl methyl sites for hydroxylation is 1. The molecule has 0 amide bonds. The van der Waals surface area contributed by atoms with Crippen LogP contribution in [0.15, 0.2) is 24.3 Å². The maximum atomic E-state index is 8.50. The molecule has 0 aliphatic heterocycles. The number of ether oxygens (including phenoxy) is 2. The molecule has 1 aromatic rings. The number of aliphatic hydroxyl groups is 1. The zero-order valence-electron chi connectivity index (χ0n) is 9.82. The lowest BCUT2D eigenvalue weighted by molar-refractivity contribution is 0.0705. The lowest BCUT2D eigenvalue weighted by Crippen LogP contribution is -2.09. The Morgan fingerprint density at radius 2 is 1.81 bits per heavy atom. The molecule has 3 heteroatoms. The summed E-state index contributed by atoms with van der Waals surface area (Å²) in [5.74, 6) is 0.868. The van der Waals surface area contributed by atoms with Gasteiger partial charge < -0.3 is 14.6 Å². The fourth-order valence-corrected chi connectivity index (χ4v) is 1.43. The zero-order valence-corrected chi connectivity index (χ0v) is 9.82. The van der Waals surface area contributed by atoms with Crippen LogP contribution in [0.5, 0.6) is 5.75 Å². The smallest absolute Gasteiger partial charge is 0.119 e. The SMILES string of the molecule is CCCc1ccc(OCCOCCO)cc1. The van der Waals surface area contributed by atoms with Crippen LogP contribution in [-0.4, -0.2) is 31.5 Å². The van der Waals surface area contributed by atoms with Crippen LogP contribution in [0, 0.1) is 0 Å². The molecule has 0 fully saturated rings. The number of benzene rings is 1. The number of hydrogen-bond donors (Lipinski definition) is 1. The molecule has 0 atom stereocenters. The van der Waals surface area contributed by atoms with E-state index >= 15 is 0 Å². The third-order valence-electron chi connectivity index (χ3n) is 2.19. The largest absolute Gasteiger partial charge is 0.491 e. The van der Waals surface area contributed by atoms with Crippen LogP contribution >= 0.6 is 0 Å². The molecular formula is C13H20O3. The second kappa shape index (κ2) is 8.13. The highest BCUT2D eigenvalue weighted by Crippen LogP contribution is 2.13. The summed E-state index contributed by atoms with van der Waals surface area (Å²) < 4.78 is 10.6. The highest BCUT2D eigenvalue weighted by molar-refractivity contribution is 5.27. The van der Waals surface area contributed by atoms with Crippen LogP contribution in [0.1, 0.15) is 18.9 Å². The lowest BCUT2D eigenvalue weighted by Gasteiger charge is -2.07. The monoisotopic (exact) mass is 224 g/mol. The molecule has 0 spiro atoms. The van der Waals surface area contributed by atoms with Gasteiger partial charge in [-0.25, -0.2) is 0 Å². The van der Waals surface area contributed by atoms with Gasteiger partial charge in [-0.05, 0) is 24.1 Å². The van der Waals surface area contributed by atoms with Crippen LogP contribution in [0.4, 0.5) is 0 Å². The summed E-state index contributed by atoms with van der Waals surface area (Å²) in [5.41, 5.74) is 1.34. The van der Waals surface area contributed by atoms with Crippen molar-refractivity contribution in [2.24, 2.45) is 0 Å². The molecule has 16 heavy (non-hydrogen) atoms. The Hall–Kier alpha value is -1.06. The van der Waals surface area contributed by atoms with E-state index in [1.54, 1.807) is 0 Å². The van der Waals surface area contributed by atoms with Gasteiger partial charge in [-0.1, -0.05) is 25.5 Å². The van der Waals surface area contributed by atoms with E-state index in [1.165, 1.54) is 5.56 Å². The van der Waals surface area contributed by atoms with Gasteiger partial charge in [0.25, 0.3) is 0 Å². The highest BCUT2D eigenvalue weighted by atomic mass is 16.5. The van der Waals surface area contributed by atoms with Gasteiger partial charge in [-0.15, -0.1) is 0 Å². The van der Waals surface area contributed by atoms with Crippen molar-refractivity contribution in [2.75, 3.05) is 26.4 Å². The summed E-state index contributed by atoms with van der Waals surface area (Å²) in [6, 6.07) is 8.15. The predicted molar refractivity (Wildman–Crippen MR) is 63.8 cm³/mol. The van der Waals surface area contributed by atoms with Crippen LogP contribution in [0.25, 0.3) is 0 Å². The summed E-state index contributed by atoms with van der Waals surface area (Å²) in [6.45, 7) is 3.64. The number of aliphatic hydroxyl groups excluding tert-OH is 1. The summed E-state index contributed by atoms with van der Waals surface area (Å²) in [5, 5.41) is 8.50. The molecule has 3 nitrogen and oxygen atoms in total. The zero-order chi connectivity index (χ0) is 11.6. The highest BCUT2D eigenvalue weighted by Gasteiger charge is 1.95. The fraction of sp³-hybridized carbons (Fsp3) is 0.538. The van der Waals surface area contributed by atoms with Gasteiger partial charge in [0.2, 0.25) is 0 Å². The van der Waals surface area contributed by atoms with Crippen LogP contribution < -0.4 is 4.74 Å². The van der Waals surface area contributed by atoms with Crippen LogP contribution in [0.2, 0.25) is 0 Å². The van der Waals surface area contributed by atoms with Gasteiger partial charge in [-0.2, -0.15) is 0 Å². The topological polar surface area (TPSA) is 38.7 Å². The molecule has 0 aliphatic rings. The van der Waals surface area contributed by atoms with E-state index < -0.39 is 0 Å². The molecule has 0 bridgehead atoms. The van der Waals surface area contributed by atoms with Crippen molar-refractivity contribution in [3.05, 3.63) is 29.8 Å². The minimum absolute atomic E-state index is 0.0612. The van der Waals surface area contributed by atoms with E-state index in [4.69, 9.17) is 14.6 Å². The molecule has 0 aromatic heterocycles. The van der Waals surface area contributed by atoms with Gasteiger partial charge >= 0.3 is 0 Å². The van der Waals surface area contributed by atoms with Gasteiger partial charge in [-0.3, -0.25) is 0 Å². The van der Waals surface area contributed by atoms with E-state index in [0.717, 1.165) is 18.6 Å². The average Bonchev–Trinajstić information content (AvgIpc) is 2.31. The fourth-order valence-electron chi connectivity index (χ4n) is 1.43. The molecule has 0 saturated carbocycles. The van der Waals surface area contributed by atoms with Crippen molar-refractivity contribution < 1.29 is 14.6 Å². The van der Waals surface area contributed by atoms with E-state index in [-0.39, 0.29) is 6.61 Å². The average molecular weight is 224 g/mol. The van der Waals surface area contributed by atoms with Crippen molar-refractivity contribution in [3.8, 4) is 5.75 Å². The Bertz CT molecular complexity index is 269. The molecular weight excluding hydrogens is 204 g/mol. The Balaban J connectivity index is 2.21. The van der Waals surface area contributed by atoms with Crippen molar-refractivity contribution in [3.63, 3.8) is 0 Å². The van der Waals surface area contributed by atoms with E-state index in [0.29, 0.717) is 19.8 Å². The molecule has 0 aliphatic carbocycles. The predicted octanol–water partition coefficient (Wildman–Crippen LogP) is 2.03. The van der Waals surface area contributed by atoms with E-state index in [9.17, 15) is 0 Å². The van der Waals surface area contributed by atoms with Crippen LogP contribution in [-0.2, 0) is 11.2 Å². The molecule has 1 aromatic carbocycles. The van der Waals surface area contributed by atoms with Gasteiger partial charge in [0.15, 0.2) is 0 Å². The quantitative estimate of drug-likeness (QED) is 0.687. The van der Waals surface area contributed by atoms with Crippen molar-refractivity contribution >= 4 is 0 Å². The van der Waals surface area contributed by atoms with Gasteiger partial charge in [0.1, 0.15) is 12.4 Å². The molecule has 90 valence electrons. The summed E-state index contributed by atoms with van der Waals surface area (Å²) in [4.78, 5) is 0. The third kappa shape index (κ3) is 5.14. The van der Waals surface area contributed by atoms with E-state index in [1.807, 2.05) is 12.1 Å². The normalized spacial score (nSPS) is 10.4. The number of rotatable bonds is 8. The second-order valence-electron chi connectivity index (χ2n) is 3.58. The van der Waals surface area contributed by atoms with Crippen LogP contribution in [0.3, 0.4) is 0 Å². The Kier molecular flexibility index (Phi) is 6.61. The third-order valence-corrected chi connectivity index (χ3v) is 2.19. The first kappa shape index (κ1) is 13.0. The minimum Gasteiger partial charge on any atom is -0.491 e. The Labute approximate surface area is 97.0 Å². The molecule has 0 heterocycles. The lowest BCUT2D eigenvalue weighted by atomic mass is 10.1. The Morgan fingerprint density at radius 1 is 1.06 bits per heavy atom. The molecule has 0 radical (unpaired) electrons. The summed E-state index contributed by atoms with van der Waals surface area (Å²) in [6.07, 6.45) is 2.27. The van der Waals surface area contributed by atoms with Gasteiger partial charge in [0.05, 0.1) is 19.8 Å². The van der Waals surface area contributed by atoms with Gasteiger partial charge in [0, 0.05) is 0 Å². The second-order valence-corrected chi connectivity index (χ2v) is 3.58. The maximum Gasteiger partial charge on any atom is 0.119 e. The molecule has 0 unspecified atom stereocenters. The first-order valence-corrected chi connectivity index (χ1v) is 5.77. The van der Waals surface area contributed by atoms with Crippen molar-refractivity contribution in [1.82, 2.24) is 0 Å². The van der Waals surface area contributed by atoms with Crippen molar-refractivity contribution in [1.29, 1.82) is 0 Å². The number of hydrogen-bond acceptors (Lipinski definition) is 3. The summed E-state index contributed by atoms with van der Waals surface area (Å²) >= 11 is 0. The van der Waals surface area contributed by atoms with E-state index in [2.05, 4.69) is 19.1 Å². The van der Waals surface area contributed by atoms with Crippen molar-refractivity contribution in [2.45, 2.75) is 19.8 Å². The standard InChI is InChI=1S/C13H20O3/c1-2-3-12-4-6-13(7-5-12)16-11-10-15-9-8-14/h4-7,14H,2-3,8-11H2,1H3. The summed E-state index contributed by atoms with van der Waals surface area (Å²) in [7, 11) is 0. The first-order chi connectivity index (χ1) is 7.86. The molecule has 0 saturated heterocycles. The Morgan fingerprint density at radius 3 is 2.44 bits per heavy atom. The molecule has 1 N–H and O–H groups in total. The minimum atomic E-state index is 0.0612. The first-order valence-electron chi connectivity index (χ1n) is 5.77.